The van der Waals surface area contributed by atoms with Crippen LogP contribution in [0.1, 0.15) is 5.56 Å². The van der Waals surface area contributed by atoms with Gasteiger partial charge in [0.15, 0.2) is 0 Å². The van der Waals surface area contributed by atoms with Gasteiger partial charge >= 0.3 is 6.01 Å². The van der Waals surface area contributed by atoms with E-state index in [2.05, 4.69) is 24.8 Å². The number of para-hydroxylation sites is 1. The number of benzene rings is 2. The molecule has 0 spiro atoms. The third-order valence-electron chi connectivity index (χ3n) is 6.19. The van der Waals surface area contributed by atoms with Gasteiger partial charge in [-0.05, 0) is 41.8 Å². The summed E-state index contributed by atoms with van der Waals surface area (Å²) in [7, 11) is 3.24. The number of nitrogens with zero attached hydrogens (tertiary/aromatic N) is 3. The highest BCUT2D eigenvalue weighted by molar-refractivity contribution is 5.89. The minimum Gasteiger partial charge on any atom is -0.492 e. The Morgan fingerprint density at radius 2 is 1.65 bits per heavy atom. The highest BCUT2D eigenvalue weighted by atomic mass is 16.5. The first-order valence-corrected chi connectivity index (χ1v) is 12.1. The standard InChI is InChI=1S/C28H29N5O4/c1-35-11-9-33(18-19-16-29-28(36-2)30-17-19)10-12-37-22-7-8-25-21(13-22)15-26(31-25)23-14-20-5-3-4-6-24(20)32-27(23)34/h3-8,13-17,31H,9-12,18H2,1-2H3,(H,32,34). The van der Waals surface area contributed by atoms with E-state index in [-0.39, 0.29) is 5.56 Å². The van der Waals surface area contributed by atoms with Crippen LogP contribution in [0.2, 0.25) is 0 Å². The zero-order valence-corrected chi connectivity index (χ0v) is 20.9. The van der Waals surface area contributed by atoms with Crippen LogP contribution in [0.5, 0.6) is 11.8 Å². The van der Waals surface area contributed by atoms with Gasteiger partial charge in [-0.15, -0.1) is 0 Å². The summed E-state index contributed by atoms with van der Waals surface area (Å²) >= 11 is 0. The summed E-state index contributed by atoms with van der Waals surface area (Å²) in [6.45, 7) is 3.26. The summed E-state index contributed by atoms with van der Waals surface area (Å²) in [5.41, 5.74) is 4.00. The van der Waals surface area contributed by atoms with Crippen molar-refractivity contribution >= 4 is 21.8 Å². The van der Waals surface area contributed by atoms with Gasteiger partial charge < -0.3 is 24.2 Å². The lowest BCUT2D eigenvalue weighted by Gasteiger charge is -2.22. The quantitative estimate of drug-likeness (QED) is 0.283. The van der Waals surface area contributed by atoms with Crippen LogP contribution in [0.15, 0.2) is 71.8 Å². The summed E-state index contributed by atoms with van der Waals surface area (Å²) in [5, 5.41) is 1.96. The lowest BCUT2D eigenvalue weighted by Crippen LogP contribution is -2.31. The Labute approximate surface area is 214 Å². The normalized spacial score (nSPS) is 11.4. The van der Waals surface area contributed by atoms with Gasteiger partial charge in [0.25, 0.3) is 5.56 Å². The molecule has 0 amide bonds. The number of fused-ring (bicyclic) bond motifs is 2. The molecule has 2 aromatic carbocycles. The molecule has 0 saturated carbocycles. The maximum Gasteiger partial charge on any atom is 0.316 e. The van der Waals surface area contributed by atoms with Gasteiger partial charge in [0.2, 0.25) is 0 Å². The van der Waals surface area contributed by atoms with Gasteiger partial charge in [-0.25, -0.2) is 9.97 Å². The van der Waals surface area contributed by atoms with Crippen molar-refractivity contribution in [2.24, 2.45) is 0 Å². The average molecular weight is 500 g/mol. The number of aromatic nitrogens is 4. The highest BCUT2D eigenvalue weighted by Gasteiger charge is 2.11. The number of hydrogen-bond donors (Lipinski definition) is 2. The Morgan fingerprint density at radius 1 is 0.865 bits per heavy atom. The Bertz CT molecular complexity index is 1540. The molecule has 5 aromatic rings. The SMILES string of the molecule is COCCN(CCOc1ccc2[nH]c(-c3cc4ccccc4[nH]c3=O)cc2c1)Cc1cnc(OC)nc1. The molecular weight excluding hydrogens is 470 g/mol. The third-order valence-corrected chi connectivity index (χ3v) is 6.19. The van der Waals surface area contributed by atoms with Crippen LogP contribution in [0, 0.1) is 0 Å². The van der Waals surface area contributed by atoms with Crippen LogP contribution in [-0.4, -0.2) is 65.4 Å². The second-order valence-electron chi connectivity index (χ2n) is 8.73. The fourth-order valence-electron chi connectivity index (χ4n) is 4.26. The maximum atomic E-state index is 12.7. The van der Waals surface area contributed by atoms with Crippen molar-refractivity contribution in [3.63, 3.8) is 0 Å². The summed E-state index contributed by atoms with van der Waals surface area (Å²) in [4.78, 5) is 29.6. The van der Waals surface area contributed by atoms with Crippen LogP contribution in [0.4, 0.5) is 0 Å². The van der Waals surface area contributed by atoms with Crippen molar-refractivity contribution in [2.45, 2.75) is 6.54 Å². The van der Waals surface area contributed by atoms with Gasteiger partial charge in [0.05, 0.1) is 25.0 Å². The maximum absolute atomic E-state index is 12.7. The molecule has 0 fully saturated rings. The second kappa shape index (κ2) is 11.2. The minimum atomic E-state index is -0.125. The number of H-pyrrole nitrogens is 2. The lowest BCUT2D eigenvalue weighted by atomic mass is 10.1. The molecule has 0 bridgehead atoms. The summed E-state index contributed by atoms with van der Waals surface area (Å²) < 4.78 is 16.4. The predicted molar refractivity (Wildman–Crippen MR) is 143 cm³/mol. The average Bonchev–Trinajstić information content (AvgIpc) is 3.35. The van der Waals surface area contributed by atoms with E-state index in [1.165, 1.54) is 0 Å². The van der Waals surface area contributed by atoms with E-state index >= 15 is 0 Å². The molecule has 9 heteroatoms. The lowest BCUT2D eigenvalue weighted by molar-refractivity contribution is 0.130. The summed E-state index contributed by atoms with van der Waals surface area (Å²) in [6.07, 6.45) is 3.54. The van der Waals surface area contributed by atoms with Crippen molar-refractivity contribution in [1.82, 2.24) is 24.8 Å². The number of hydrogen-bond acceptors (Lipinski definition) is 7. The van der Waals surface area contributed by atoms with Crippen LogP contribution in [0.25, 0.3) is 33.1 Å². The second-order valence-corrected chi connectivity index (χ2v) is 8.73. The van der Waals surface area contributed by atoms with Gasteiger partial charge in [0.1, 0.15) is 12.4 Å². The highest BCUT2D eigenvalue weighted by Crippen LogP contribution is 2.27. The summed E-state index contributed by atoms with van der Waals surface area (Å²) in [6, 6.07) is 17.9. The Kier molecular flexibility index (Phi) is 7.43. The number of rotatable bonds is 11. The molecule has 37 heavy (non-hydrogen) atoms. The molecule has 0 aliphatic carbocycles. The zero-order chi connectivity index (χ0) is 25.6. The van der Waals surface area contributed by atoms with Gasteiger partial charge in [0, 0.05) is 61.1 Å². The molecule has 0 aliphatic heterocycles. The van der Waals surface area contributed by atoms with E-state index in [0.29, 0.717) is 37.9 Å². The van der Waals surface area contributed by atoms with E-state index in [4.69, 9.17) is 14.2 Å². The Hall–Kier alpha value is -4.21. The van der Waals surface area contributed by atoms with E-state index in [9.17, 15) is 4.79 Å². The topological polar surface area (TPSA) is 105 Å². The van der Waals surface area contributed by atoms with E-state index < -0.39 is 0 Å². The van der Waals surface area contributed by atoms with Crippen LogP contribution < -0.4 is 15.0 Å². The molecule has 190 valence electrons. The van der Waals surface area contributed by atoms with Crippen molar-refractivity contribution in [3.8, 4) is 23.0 Å². The monoisotopic (exact) mass is 499 g/mol. The largest absolute Gasteiger partial charge is 0.492 e. The first-order valence-electron chi connectivity index (χ1n) is 12.1. The van der Waals surface area contributed by atoms with Gasteiger partial charge in [-0.1, -0.05) is 18.2 Å². The molecule has 0 radical (unpaired) electrons. The fourth-order valence-corrected chi connectivity index (χ4v) is 4.26. The summed E-state index contributed by atoms with van der Waals surface area (Å²) in [5.74, 6) is 0.768. The third kappa shape index (κ3) is 5.79. The minimum absolute atomic E-state index is 0.125. The molecule has 9 nitrogen and oxygen atoms in total. The zero-order valence-electron chi connectivity index (χ0n) is 20.9. The predicted octanol–water partition coefficient (Wildman–Crippen LogP) is 4.00. The number of ether oxygens (including phenoxy) is 3. The van der Waals surface area contributed by atoms with Crippen molar-refractivity contribution < 1.29 is 14.2 Å². The number of aromatic amines is 2. The Morgan fingerprint density at radius 3 is 2.46 bits per heavy atom. The molecular formula is C28H29N5O4. The van der Waals surface area contributed by atoms with Crippen molar-refractivity contribution in [3.05, 3.63) is 82.9 Å². The van der Waals surface area contributed by atoms with Crippen molar-refractivity contribution in [1.29, 1.82) is 0 Å². The van der Waals surface area contributed by atoms with Crippen molar-refractivity contribution in [2.75, 3.05) is 40.5 Å². The molecule has 2 N–H and O–H groups in total. The molecule has 0 atom stereocenters. The smallest absolute Gasteiger partial charge is 0.316 e. The van der Waals surface area contributed by atoms with E-state index in [1.54, 1.807) is 26.6 Å². The van der Waals surface area contributed by atoms with Gasteiger partial charge in [-0.2, -0.15) is 0 Å². The first kappa shape index (κ1) is 24.5. The number of methoxy groups -OCH3 is 2. The molecule has 3 heterocycles. The molecule has 0 saturated heterocycles. The Balaban J connectivity index is 1.26. The van der Waals surface area contributed by atoms with Gasteiger partial charge in [-0.3, -0.25) is 9.69 Å². The van der Waals surface area contributed by atoms with E-state index in [0.717, 1.165) is 45.4 Å². The van der Waals surface area contributed by atoms with Crippen LogP contribution >= 0.6 is 0 Å². The first-order chi connectivity index (χ1) is 18.1. The molecule has 5 rings (SSSR count). The number of nitrogens with one attached hydrogen (secondary N) is 2. The van der Waals surface area contributed by atoms with E-state index in [1.807, 2.05) is 54.6 Å². The fraction of sp³-hybridized carbons (Fsp3) is 0.250. The molecule has 3 aromatic heterocycles. The van der Waals surface area contributed by atoms with Crippen LogP contribution in [0.3, 0.4) is 0 Å². The molecule has 0 aliphatic rings. The molecule has 0 unspecified atom stereocenters. The number of pyridine rings is 1. The van der Waals surface area contributed by atoms with Crippen LogP contribution in [-0.2, 0) is 11.3 Å².